The number of hydrogen-bond acceptors (Lipinski definition) is 1. The van der Waals surface area contributed by atoms with Gasteiger partial charge in [0.2, 0.25) is 0 Å². The molecule has 0 spiro atoms. The summed E-state index contributed by atoms with van der Waals surface area (Å²) in [4.78, 5) is 0. The zero-order chi connectivity index (χ0) is 11.2. The van der Waals surface area contributed by atoms with Gasteiger partial charge in [0.1, 0.15) is 0 Å². The van der Waals surface area contributed by atoms with Crippen molar-refractivity contribution in [3.63, 3.8) is 0 Å². The first-order valence-electron chi connectivity index (χ1n) is 6.30. The largest absolute Gasteiger partial charge is 0.312 e. The van der Waals surface area contributed by atoms with Crippen molar-refractivity contribution in [2.75, 3.05) is 6.54 Å². The Morgan fingerprint density at radius 3 is 2.39 bits per heavy atom. The van der Waals surface area contributed by atoms with Crippen molar-refractivity contribution in [2.24, 2.45) is 5.92 Å². The summed E-state index contributed by atoms with van der Waals surface area (Å²) in [5.41, 5.74) is 1.21. The minimum atomic E-state index is 0. The highest BCUT2D eigenvalue weighted by molar-refractivity contribution is 6.31. The summed E-state index contributed by atoms with van der Waals surface area (Å²) in [6.45, 7) is 2.04. The van der Waals surface area contributed by atoms with Crippen LogP contribution in [0.25, 0.3) is 0 Å². The standard InChI is InChI=1S/C14H20ClN.2ClH/c15-14-9-5-4-8-13(14)11-16-10-12-6-2-1-3-7-12;;/h4-5,8-9,12,16H,1-3,6-7,10-11H2;2*1H. The van der Waals surface area contributed by atoms with Crippen molar-refractivity contribution in [3.8, 4) is 0 Å². The maximum absolute atomic E-state index is 6.11. The second-order valence-corrected chi connectivity index (χ2v) is 5.13. The van der Waals surface area contributed by atoms with Crippen LogP contribution in [0.3, 0.4) is 0 Å². The van der Waals surface area contributed by atoms with Gasteiger partial charge in [0.05, 0.1) is 0 Å². The summed E-state index contributed by atoms with van der Waals surface area (Å²) >= 11 is 6.11. The van der Waals surface area contributed by atoms with Gasteiger partial charge in [-0.25, -0.2) is 0 Å². The van der Waals surface area contributed by atoms with Crippen molar-refractivity contribution in [2.45, 2.75) is 38.6 Å². The van der Waals surface area contributed by atoms with Crippen LogP contribution in [0, 0.1) is 5.92 Å². The zero-order valence-corrected chi connectivity index (χ0v) is 12.9. The van der Waals surface area contributed by atoms with E-state index in [1.807, 2.05) is 18.2 Å². The van der Waals surface area contributed by atoms with Crippen LogP contribution in [0.1, 0.15) is 37.7 Å². The third-order valence-corrected chi connectivity index (χ3v) is 3.80. The highest BCUT2D eigenvalue weighted by atomic mass is 35.5. The molecule has 1 nitrogen and oxygen atoms in total. The van der Waals surface area contributed by atoms with Gasteiger partial charge in [-0.3, -0.25) is 0 Å². The Bertz CT molecular complexity index is 325. The summed E-state index contributed by atoms with van der Waals surface area (Å²) in [7, 11) is 0. The third kappa shape index (κ3) is 5.79. The minimum absolute atomic E-state index is 0. The van der Waals surface area contributed by atoms with E-state index in [1.54, 1.807) is 0 Å². The first kappa shape index (κ1) is 18.0. The van der Waals surface area contributed by atoms with E-state index in [9.17, 15) is 0 Å². The molecule has 1 aliphatic carbocycles. The molecule has 1 aliphatic rings. The topological polar surface area (TPSA) is 12.0 Å². The molecule has 104 valence electrons. The van der Waals surface area contributed by atoms with Crippen LogP contribution in [0.2, 0.25) is 5.02 Å². The fraction of sp³-hybridized carbons (Fsp3) is 0.571. The Morgan fingerprint density at radius 1 is 1.06 bits per heavy atom. The van der Waals surface area contributed by atoms with E-state index in [1.165, 1.54) is 37.7 Å². The van der Waals surface area contributed by atoms with Crippen LogP contribution in [0.15, 0.2) is 24.3 Å². The molecule has 18 heavy (non-hydrogen) atoms. The SMILES string of the molecule is Cl.Cl.Clc1ccccc1CNCC1CCCCC1. The molecule has 4 heteroatoms. The van der Waals surface area contributed by atoms with Gasteiger partial charge in [-0.2, -0.15) is 0 Å². The zero-order valence-electron chi connectivity index (χ0n) is 10.5. The van der Waals surface area contributed by atoms with Crippen molar-refractivity contribution < 1.29 is 0 Å². The van der Waals surface area contributed by atoms with Gasteiger partial charge >= 0.3 is 0 Å². The summed E-state index contributed by atoms with van der Waals surface area (Å²) in [5.74, 6) is 0.885. The Labute approximate surface area is 128 Å². The summed E-state index contributed by atoms with van der Waals surface area (Å²) < 4.78 is 0. The maximum atomic E-state index is 6.11. The molecule has 0 radical (unpaired) electrons. The van der Waals surface area contributed by atoms with Gasteiger partial charge in [-0.05, 0) is 36.9 Å². The molecule has 0 heterocycles. The van der Waals surface area contributed by atoms with E-state index in [2.05, 4.69) is 11.4 Å². The van der Waals surface area contributed by atoms with E-state index in [4.69, 9.17) is 11.6 Å². The molecule has 0 bridgehead atoms. The van der Waals surface area contributed by atoms with Gasteiger partial charge in [0, 0.05) is 11.6 Å². The van der Waals surface area contributed by atoms with Crippen molar-refractivity contribution >= 4 is 36.4 Å². The lowest BCUT2D eigenvalue weighted by Crippen LogP contribution is -2.24. The van der Waals surface area contributed by atoms with Gasteiger partial charge < -0.3 is 5.32 Å². The van der Waals surface area contributed by atoms with Gasteiger partial charge in [0.25, 0.3) is 0 Å². The van der Waals surface area contributed by atoms with Gasteiger partial charge in [-0.1, -0.05) is 49.1 Å². The third-order valence-electron chi connectivity index (χ3n) is 3.43. The number of rotatable bonds is 4. The monoisotopic (exact) mass is 309 g/mol. The molecule has 1 N–H and O–H groups in total. The van der Waals surface area contributed by atoms with Gasteiger partial charge in [0.15, 0.2) is 0 Å². The van der Waals surface area contributed by atoms with Crippen molar-refractivity contribution in [3.05, 3.63) is 34.9 Å². The highest BCUT2D eigenvalue weighted by Gasteiger charge is 2.12. The van der Waals surface area contributed by atoms with E-state index in [-0.39, 0.29) is 24.8 Å². The normalized spacial score (nSPS) is 15.6. The predicted molar refractivity (Wildman–Crippen MR) is 84.2 cm³/mol. The van der Waals surface area contributed by atoms with E-state index in [0.717, 1.165) is 24.0 Å². The Hall–Kier alpha value is 0.0500. The lowest BCUT2D eigenvalue weighted by atomic mass is 9.89. The van der Waals surface area contributed by atoms with Crippen LogP contribution in [-0.2, 0) is 6.54 Å². The van der Waals surface area contributed by atoms with Crippen LogP contribution in [0.5, 0.6) is 0 Å². The molecular formula is C14H22Cl3N. The molecule has 1 fully saturated rings. The number of nitrogens with one attached hydrogen (secondary N) is 1. The molecule has 1 aromatic carbocycles. The van der Waals surface area contributed by atoms with Crippen LogP contribution >= 0.6 is 36.4 Å². The quantitative estimate of drug-likeness (QED) is 0.838. The fourth-order valence-electron chi connectivity index (χ4n) is 2.44. The highest BCUT2D eigenvalue weighted by Crippen LogP contribution is 2.23. The smallest absolute Gasteiger partial charge is 0.0450 e. The van der Waals surface area contributed by atoms with Crippen LogP contribution in [-0.4, -0.2) is 6.54 Å². The number of benzene rings is 1. The summed E-state index contributed by atoms with van der Waals surface area (Å²) in [6, 6.07) is 8.08. The van der Waals surface area contributed by atoms with E-state index < -0.39 is 0 Å². The van der Waals surface area contributed by atoms with Crippen LogP contribution in [0.4, 0.5) is 0 Å². The molecule has 0 atom stereocenters. The molecule has 0 aliphatic heterocycles. The number of hydrogen-bond donors (Lipinski definition) is 1. The lowest BCUT2D eigenvalue weighted by molar-refractivity contribution is 0.342. The van der Waals surface area contributed by atoms with Crippen molar-refractivity contribution in [1.29, 1.82) is 0 Å². The number of halogens is 3. The second-order valence-electron chi connectivity index (χ2n) is 4.73. The Kier molecular flexibility index (Phi) is 9.94. The minimum Gasteiger partial charge on any atom is -0.312 e. The summed E-state index contributed by atoms with van der Waals surface area (Å²) in [6.07, 6.45) is 7.06. The molecule has 0 unspecified atom stereocenters. The fourth-order valence-corrected chi connectivity index (χ4v) is 2.65. The first-order chi connectivity index (χ1) is 7.86. The molecule has 1 saturated carbocycles. The molecular weight excluding hydrogens is 289 g/mol. The first-order valence-corrected chi connectivity index (χ1v) is 6.68. The molecule has 0 aromatic heterocycles. The van der Waals surface area contributed by atoms with Gasteiger partial charge in [-0.15, -0.1) is 24.8 Å². The Balaban J connectivity index is 0.00000144. The average molecular weight is 311 g/mol. The lowest BCUT2D eigenvalue weighted by Gasteiger charge is -2.21. The second kappa shape index (κ2) is 9.91. The maximum Gasteiger partial charge on any atom is 0.0450 e. The van der Waals surface area contributed by atoms with E-state index in [0.29, 0.717) is 0 Å². The molecule has 0 saturated heterocycles. The molecule has 2 rings (SSSR count). The van der Waals surface area contributed by atoms with E-state index >= 15 is 0 Å². The predicted octanol–water partition coefficient (Wildman–Crippen LogP) is 4.85. The Morgan fingerprint density at radius 2 is 1.72 bits per heavy atom. The average Bonchev–Trinajstić information content (AvgIpc) is 2.33. The molecule has 0 amide bonds. The summed E-state index contributed by atoms with van der Waals surface area (Å²) in [5, 5.41) is 4.40. The van der Waals surface area contributed by atoms with Crippen molar-refractivity contribution in [1.82, 2.24) is 5.32 Å². The van der Waals surface area contributed by atoms with Crippen LogP contribution < -0.4 is 5.32 Å². The molecule has 1 aromatic rings.